The highest BCUT2D eigenvalue weighted by atomic mass is 19.4. The highest BCUT2D eigenvalue weighted by Crippen LogP contribution is 2.21. The van der Waals surface area contributed by atoms with Crippen molar-refractivity contribution in [3.63, 3.8) is 0 Å². The van der Waals surface area contributed by atoms with Gasteiger partial charge in [0.15, 0.2) is 0 Å². The Balaban J connectivity index is 2.71. The van der Waals surface area contributed by atoms with Crippen molar-refractivity contribution < 1.29 is 17.9 Å². The third-order valence-corrected chi connectivity index (χ3v) is 2.13. The molecule has 1 aromatic rings. The van der Waals surface area contributed by atoms with E-state index >= 15 is 0 Å². The van der Waals surface area contributed by atoms with Gasteiger partial charge < -0.3 is 10.5 Å². The summed E-state index contributed by atoms with van der Waals surface area (Å²) in [5.41, 5.74) is 6.78. The van der Waals surface area contributed by atoms with Crippen molar-refractivity contribution in [2.75, 3.05) is 26.4 Å². The van der Waals surface area contributed by atoms with Crippen molar-refractivity contribution in [2.24, 2.45) is 0 Å². The number of rotatable bonds is 4. The van der Waals surface area contributed by atoms with Gasteiger partial charge in [-0.15, -0.1) is 0 Å². The van der Waals surface area contributed by atoms with E-state index < -0.39 is 12.7 Å². The maximum absolute atomic E-state index is 12.1. The summed E-state index contributed by atoms with van der Waals surface area (Å²) in [4.78, 5) is 1.17. The fraction of sp³-hybridized carbons (Fsp3) is 0.455. The van der Waals surface area contributed by atoms with Gasteiger partial charge in [0.25, 0.3) is 0 Å². The molecule has 0 radical (unpaired) electrons. The molecule has 1 rings (SSSR count). The lowest BCUT2D eigenvalue weighted by Crippen LogP contribution is -2.30. The third-order valence-electron chi connectivity index (χ3n) is 2.13. The molecule has 0 aliphatic carbocycles. The molecule has 1 aromatic carbocycles. The zero-order chi connectivity index (χ0) is 13.1. The van der Waals surface area contributed by atoms with Crippen LogP contribution in [0.25, 0.3) is 0 Å². The van der Waals surface area contributed by atoms with Crippen LogP contribution in [0, 0.1) is 0 Å². The summed E-state index contributed by atoms with van der Waals surface area (Å²) in [7, 11) is 2.89. The number of nitrogens with two attached hydrogens (primary N) is 1. The zero-order valence-electron chi connectivity index (χ0n) is 9.71. The largest absolute Gasteiger partial charge is 0.497 e. The molecule has 0 unspecified atom stereocenters. The van der Waals surface area contributed by atoms with Crippen LogP contribution in [0.5, 0.6) is 5.75 Å². The molecular weight excluding hydrogens is 233 g/mol. The standard InChI is InChI=1S/C11H15F3N2O/c1-16(7-11(12,13)14)6-8-3-9(15)5-10(4-8)17-2/h3-5H,6-7,15H2,1-2H3. The lowest BCUT2D eigenvalue weighted by molar-refractivity contribution is -0.144. The number of benzene rings is 1. The summed E-state index contributed by atoms with van der Waals surface area (Å²) in [6.45, 7) is -0.787. The Hall–Kier alpha value is -1.43. The predicted octanol–water partition coefficient (Wildman–Crippen LogP) is 2.27. The summed E-state index contributed by atoms with van der Waals surface area (Å²) in [5, 5.41) is 0. The van der Waals surface area contributed by atoms with Crippen LogP contribution in [0.1, 0.15) is 5.56 Å². The Morgan fingerprint density at radius 2 is 1.94 bits per heavy atom. The minimum Gasteiger partial charge on any atom is -0.497 e. The molecule has 6 heteroatoms. The van der Waals surface area contributed by atoms with Crippen LogP contribution in [-0.2, 0) is 6.54 Å². The fourth-order valence-corrected chi connectivity index (χ4v) is 1.57. The summed E-state index contributed by atoms with van der Waals surface area (Å²) in [5.74, 6) is 0.542. The average molecular weight is 248 g/mol. The van der Waals surface area contributed by atoms with E-state index in [0.29, 0.717) is 17.0 Å². The Kier molecular flexibility index (Phi) is 4.22. The van der Waals surface area contributed by atoms with Gasteiger partial charge in [-0.05, 0) is 24.7 Å². The maximum atomic E-state index is 12.1. The molecule has 0 aliphatic heterocycles. The maximum Gasteiger partial charge on any atom is 0.401 e. The molecular formula is C11H15F3N2O. The van der Waals surface area contributed by atoms with E-state index in [-0.39, 0.29) is 6.54 Å². The van der Waals surface area contributed by atoms with Gasteiger partial charge in [-0.1, -0.05) is 0 Å². The molecule has 96 valence electrons. The first kappa shape index (κ1) is 13.6. The van der Waals surface area contributed by atoms with Crippen molar-refractivity contribution in [1.82, 2.24) is 4.90 Å². The number of hydrogen-bond donors (Lipinski definition) is 1. The van der Waals surface area contributed by atoms with Crippen LogP contribution < -0.4 is 10.5 Å². The van der Waals surface area contributed by atoms with Gasteiger partial charge in [-0.25, -0.2) is 0 Å². The number of nitrogens with zero attached hydrogens (tertiary/aromatic N) is 1. The van der Waals surface area contributed by atoms with Crippen molar-refractivity contribution >= 4 is 5.69 Å². The van der Waals surface area contributed by atoms with Crippen LogP contribution in [0.2, 0.25) is 0 Å². The van der Waals surface area contributed by atoms with Gasteiger partial charge in [0.05, 0.1) is 13.7 Å². The van der Waals surface area contributed by atoms with Gasteiger partial charge in [0.2, 0.25) is 0 Å². The van der Waals surface area contributed by atoms with E-state index in [9.17, 15) is 13.2 Å². The minimum atomic E-state index is -4.20. The highest BCUT2D eigenvalue weighted by molar-refractivity contribution is 5.47. The first-order chi connectivity index (χ1) is 7.80. The van der Waals surface area contributed by atoms with E-state index in [0.717, 1.165) is 0 Å². The smallest absolute Gasteiger partial charge is 0.401 e. The normalized spacial score (nSPS) is 11.9. The summed E-state index contributed by atoms with van der Waals surface area (Å²) in [6.07, 6.45) is -4.20. The number of methoxy groups -OCH3 is 1. The topological polar surface area (TPSA) is 38.5 Å². The summed E-state index contributed by atoms with van der Waals surface area (Å²) in [6, 6.07) is 4.92. The molecule has 0 atom stereocenters. The Morgan fingerprint density at radius 1 is 1.29 bits per heavy atom. The van der Waals surface area contributed by atoms with E-state index in [1.54, 1.807) is 18.2 Å². The monoisotopic (exact) mass is 248 g/mol. The van der Waals surface area contributed by atoms with E-state index in [2.05, 4.69) is 0 Å². The summed E-state index contributed by atoms with van der Waals surface area (Å²) >= 11 is 0. The molecule has 0 saturated carbocycles. The minimum absolute atomic E-state index is 0.168. The van der Waals surface area contributed by atoms with Crippen LogP contribution in [-0.4, -0.2) is 31.8 Å². The zero-order valence-corrected chi connectivity index (χ0v) is 9.71. The van der Waals surface area contributed by atoms with Crippen LogP contribution >= 0.6 is 0 Å². The molecule has 2 N–H and O–H groups in total. The molecule has 0 fully saturated rings. The molecule has 0 aliphatic rings. The van der Waals surface area contributed by atoms with Crippen LogP contribution in [0.3, 0.4) is 0 Å². The number of nitrogen functional groups attached to an aromatic ring is 1. The van der Waals surface area contributed by atoms with Gasteiger partial charge in [0, 0.05) is 18.3 Å². The molecule has 0 saturated heterocycles. The number of halogens is 3. The van der Waals surface area contributed by atoms with Gasteiger partial charge in [-0.3, -0.25) is 4.90 Å². The van der Waals surface area contributed by atoms with Gasteiger partial charge in [-0.2, -0.15) is 13.2 Å². The molecule has 0 heterocycles. The second-order valence-electron chi connectivity index (χ2n) is 3.90. The van der Waals surface area contributed by atoms with E-state index in [1.807, 2.05) is 0 Å². The Bertz CT molecular complexity index is 379. The van der Waals surface area contributed by atoms with E-state index in [1.165, 1.54) is 19.1 Å². The lowest BCUT2D eigenvalue weighted by Gasteiger charge is -2.19. The molecule has 0 amide bonds. The molecule has 0 aromatic heterocycles. The SMILES string of the molecule is COc1cc(N)cc(CN(C)CC(F)(F)F)c1. The first-order valence-electron chi connectivity index (χ1n) is 4.99. The Morgan fingerprint density at radius 3 is 2.47 bits per heavy atom. The molecule has 0 spiro atoms. The molecule has 17 heavy (non-hydrogen) atoms. The van der Waals surface area contributed by atoms with Crippen molar-refractivity contribution in [3.05, 3.63) is 23.8 Å². The van der Waals surface area contributed by atoms with Crippen molar-refractivity contribution in [2.45, 2.75) is 12.7 Å². The predicted molar refractivity (Wildman–Crippen MR) is 59.8 cm³/mol. The second-order valence-corrected chi connectivity index (χ2v) is 3.90. The highest BCUT2D eigenvalue weighted by Gasteiger charge is 2.29. The lowest BCUT2D eigenvalue weighted by atomic mass is 10.2. The van der Waals surface area contributed by atoms with Crippen LogP contribution in [0.4, 0.5) is 18.9 Å². The molecule has 0 bridgehead atoms. The van der Waals surface area contributed by atoms with Crippen molar-refractivity contribution in [3.8, 4) is 5.75 Å². The van der Waals surface area contributed by atoms with E-state index in [4.69, 9.17) is 10.5 Å². The van der Waals surface area contributed by atoms with Crippen LogP contribution in [0.15, 0.2) is 18.2 Å². The van der Waals surface area contributed by atoms with Gasteiger partial charge in [0.1, 0.15) is 5.75 Å². The number of ether oxygens (including phenoxy) is 1. The quantitative estimate of drug-likeness (QED) is 0.831. The fourth-order valence-electron chi connectivity index (χ4n) is 1.57. The third kappa shape index (κ3) is 4.95. The Labute approximate surface area is 98.0 Å². The average Bonchev–Trinajstić information content (AvgIpc) is 2.13. The van der Waals surface area contributed by atoms with Gasteiger partial charge >= 0.3 is 6.18 Å². The number of anilines is 1. The number of alkyl halides is 3. The molecule has 3 nitrogen and oxygen atoms in total. The number of hydrogen-bond acceptors (Lipinski definition) is 3. The second kappa shape index (κ2) is 5.27. The first-order valence-corrected chi connectivity index (χ1v) is 4.99. The summed E-state index contributed by atoms with van der Waals surface area (Å²) < 4.78 is 41.4. The van der Waals surface area contributed by atoms with Crippen molar-refractivity contribution in [1.29, 1.82) is 0 Å².